The highest BCUT2D eigenvalue weighted by Crippen LogP contribution is 2.34. The van der Waals surface area contributed by atoms with E-state index in [2.05, 4.69) is 38.8 Å². The fourth-order valence-electron chi connectivity index (χ4n) is 1.69. The topological polar surface area (TPSA) is 63.4 Å². The van der Waals surface area contributed by atoms with Crippen molar-refractivity contribution in [3.8, 4) is 0 Å². The lowest BCUT2D eigenvalue weighted by Crippen LogP contribution is -2.28. The molecule has 0 unspecified atom stereocenters. The zero-order valence-electron chi connectivity index (χ0n) is 11.0. The zero-order chi connectivity index (χ0) is 14.6. The van der Waals surface area contributed by atoms with Gasteiger partial charge in [-0.15, -0.1) is 0 Å². The average molecular weight is 414 g/mol. The first-order chi connectivity index (χ1) is 8.80. The molecule has 2 N–H and O–H groups in total. The summed E-state index contributed by atoms with van der Waals surface area (Å²) < 4.78 is 27.3. The molecule has 1 aromatic carbocycles. The molecule has 19 heavy (non-hydrogen) atoms. The molecule has 1 rings (SSSR count). The fourth-order valence-corrected chi connectivity index (χ4v) is 5.43. The molecule has 0 heterocycles. The summed E-state index contributed by atoms with van der Waals surface area (Å²) in [7, 11) is -1.92. The highest BCUT2D eigenvalue weighted by Gasteiger charge is 2.26. The summed E-state index contributed by atoms with van der Waals surface area (Å²) in [5, 5.41) is 0. The molecule has 0 aliphatic rings. The number of hydrogen-bond donors (Lipinski definition) is 1. The number of sulfonamides is 1. The van der Waals surface area contributed by atoms with Crippen LogP contribution in [0.15, 0.2) is 26.0 Å². The third-order valence-corrected chi connectivity index (χ3v) is 6.50. The van der Waals surface area contributed by atoms with Crippen LogP contribution in [-0.2, 0) is 10.0 Å². The van der Waals surface area contributed by atoms with E-state index in [0.29, 0.717) is 21.2 Å². The van der Waals surface area contributed by atoms with Crippen molar-refractivity contribution < 1.29 is 8.42 Å². The van der Waals surface area contributed by atoms with Gasteiger partial charge in [0.2, 0.25) is 10.0 Å². The number of nitrogens with two attached hydrogens (primary N) is 1. The van der Waals surface area contributed by atoms with Crippen LogP contribution in [0, 0.1) is 0 Å². The molecule has 0 radical (unpaired) electrons. The fraction of sp³-hybridized carbons (Fsp3) is 0.500. The summed E-state index contributed by atoms with van der Waals surface area (Å²) in [4.78, 5) is 0.223. The maximum atomic E-state index is 12.5. The predicted octanol–water partition coefficient (Wildman–Crippen LogP) is 3.60. The van der Waals surface area contributed by atoms with Crippen molar-refractivity contribution in [2.75, 3.05) is 19.3 Å². The van der Waals surface area contributed by atoms with Gasteiger partial charge in [0.1, 0.15) is 4.90 Å². The number of nitrogen functional groups attached to an aromatic ring is 1. The van der Waals surface area contributed by atoms with E-state index in [1.807, 2.05) is 0 Å². The summed E-state index contributed by atoms with van der Waals surface area (Å²) in [6.45, 7) is 2.60. The van der Waals surface area contributed by atoms with Crippen molar-refractivity contribution in [1.29, 1.82) is 0 Å². The number of anilines is 1. The van der Waals surface area contributed by atoms with Crippen molar-refractivity contribution >= 4 is 47.6 Å². The van der Waals surface area contributed by atoms with Gasteiger partial charge in [0.25, 0.3) is 0 Å². The second-order valence-corrected chi connectivity index (χ2v) is 8.04. The summed E-state index contributed by atoms with van der Waals surface area (Å²) >= 11 is 6.54. The first kappa shape index (κ1) is 16.9. The molecule has 4 nitrogen and oxygen atoms in total. The van der Waals surface area contributed by atoms with Gasteiger partial charge in [-0.3, -0.25) is 0 Å². The van der Waals surface area contributed by atoms with E-state index < -0.39 is 10.0 Å². The minimum atomic E-state index is -3.51. The Hall–Kier alpha value is -0.110. The van der Waals surface area contributed by atoms with Gasteiger partial charge in [0.15, 0.2) is 0 Å². The lowest BCUT2D eigenvalue weighted by molar-refractivity contribution is 0.453. The van der Waals surface area contributed by atoms with E-state index in [9.17, 15) is 8.42 Å². The second kappa shape index (κ2) is 7.06. The Labute approximate surface area is 131 Å². The van der Waals surface area contributed by atoms with E-state index in [4.69, 9.17) is 5.73 Å². The summed E-state index contributed by atoms with van der Waals surface area (Å²) in [6, 6.07) is 3.19. The van der Waals surface area contributed by atoms with E-state index in [0.717, 1.165) is 19.3 Å². The Morgan fingerprint density at radius 1 is 1.21 bits per heavy atom. The Bertz CT molecular complexity index is 524. The highest BCUT2D eigenvalue weighted by molar-refractivity contribution is 9.11. The van der Waals surface area contributed by atoms with Gasteiger partial charge in [-0.2, -0.15) is 0 Å². The van der Waals surface area contributed by atoms with Crippen LogP contribution in [0.2, 0.25) is 0 Å². The van der Waals surface area contributed by atoms with Crippen molar-refractivity contribution in [3.05, 3.63) is 21.1 Å². The molecule has 108 valence electrons. The van der Waals surface area contributed by atoms with E-state index in [1.54, 1.807) is 19.2 Å². The van der Waals surface area contributed by atoms with Crippen LogP contribution in [0.3, 0.4) is 0 Å². The molecule has 0 fully saturated rings. The summed E-state index contributed by atoms with van der Waals surface area (Å²) in [6.07, 6.45) is 2.93. The Morgan fingerprint density at radius 2 is 1.74 bits per heavy atom. The van der Waals surface area contributed by atoms with Crippen LogP contribution in [0.1, 0.15) is 26.2 Å². The Balaban J connectivity index is 3.07. The maximum absolute atomic E-state index is 12.5. The van der Waals surface area contributed by atoms with Crippen molar-refractivity contribution in [2.45, 2.75) is 31.1 Å². The van der Waals surface area contributed by atoms with E-state index >= 15 is 0 Å². The normalized spacial score (nSPS) is 12.1. The van der Waals surface area contributed by atoms with Crippen LogP contribution < -0.4 is 5.73 Å². The number of hydrogen-bond acceptors (Lipinski definition) is 3. The van der Waals surface area contributed by atoms with Gasteiger partial charge >= 0.3 is 0 Å². The molecule has 0 aliphatic heterocycles. The molecule has 0 amide bonds. The number of benzene rings is 1. The molecule has 0 saturated carbocycles. The number of unbranched alkanes of at least 4 members (excludes halogenated alkanes) is 2. The number of rotatable bonds is 6. The van der Waals surface area contributed by atoms with Crippen LogP contribution in [0.5, 0.6) is 0 Å². The lowest BCUT2D eigenvalue weighted by atomic mass is 10.2. The number of halogens is 2. The smallest absolute Gasteiger partial charge is 0.245 e. The Kier molecular flexibility index (Phi) is 6.29. The van der Waals surface area contributed by atoms with Gasteiger partial charge < -0.3 is 5.73 Å². The molecule has 0 bridgehead atoms. The van der Waals surface area contributed by atoms with Crippen molar-refractivity contribution in [3.63, 3.8) is 0 Å². The molecule has 0 spiro atoms. The molecule has 0 aromatic heterocycles. The Morgan fingerprint density at radius 3 is 2.21 bits per heavy atom. The van der Waals surface area contributed by atoms with Crippen LogP contribution in [0.4, 0.5) is 5.69 Å². The SMILES string of the molecule is CCCCCN(C)S(=O)(=O)c1c(Br)cc(N)cc1Br. The van der Waals surface area contributed by atoms with Gasteiger partial charge in [-0.1, -0.05) is 19.8 Å². The van der Waals surface area contributed by atoms with Crippen LogP contribution >= 0.6 is 31.9 Å². The first-order valence-electron chi connectivity index (χ1n) is 6.01. The second-order valence-electron chi connectivity index (χ2n) is 4.35. The van der Waals surface area contributed by atoms with E-state index in [1.165, 1.54) is 4.31 Å². The van der Waals surface area contributed by atoms with Crippen LogP contribution in [-0.4, -0.2) is 26.3 Å². The minimum Gasteiger partial charge on any atom is -0.399 e. The molecule has 0 saturated heterocycles. The third kappa shape index (κ3) is 4.18. The maximum Gasteiger partial charge on any atom is 0.245 e. The standard InChI is InChI=1S/C12H18Br2N2O2S/c1-3-4-5-6-16(2)19(17,18)12-10(13)7-9(15)8-11(12)14/h7-8H,3-6,15H2,1-2H3. The van der Waals surface area contributed by atoms with Crippen molar-refractivity contribution in [1.82, 2.24) is 4.31 Å². The number of nitrogens with zero attached hydrogens (tertiary/aromatic N) is 1. The quantitative estimate of drug-likeness (QED) is 0.572. The first-order valence-corrected chi connectivity index (χ1v) is 9.04. The molecule has 1 aromatic rings. The van der Waals surface area contributed by atoms with Gasteiger partial charge in [0, 0.05) is 28.2 Å². The average Bonchev–Trinajstić information content (AvgIpc) is 2.27. The molecular formula is C12H18Br2N2O2S. The summed E-state index contributed by atoms with van der Waals surface area (Å²) in [5.74, 6) is 0. The lowest BCUT2D eigenvalue weighted by Gasteiger charge is -2.19. The largest absolute Gasteiger partial charge is 0.399 e. The van der Waals surface area contributed by atoms with Gasteiger partial charge in [0.05, 0.1) is 0 Å². The van der Waals surface area contributed by atoms with Gasteiger partial charge in [-0.25, -0.2) is 12.7 Å². The monoisotopic (exact) mass is 412 g/mol. The summed E-state index contributed by atoms with van der Waals surface area (Å²) in [5.41, 5.74) is 6.18. The molecule has 0 atom stereocenters. The van der Waals surface area contributed by atoms with E-state index in [-0.39, 0.29) is 4.90 Å². The molecular weight excluding hydrogens is 396 g/mol. The predicted molar refractivity (Wildman–Crippen MR) is 85.6 cm³/mol. The van der Waals surface area contributed by atoms with Crippen molar-refractivity contribution in [2.24, 2.45) is 0 Å². The third-order valence-electron chi connectivity index (χ3n) is 2.77. The molecule has 0 aliphatic carbocycles. The molecule has 7 heteroatoms. The minimum absolute atomic E-state index is 0.223. The highest BCUT2D eigenvalue weighted by atomic mass is 79.9. The zero-order valence-corrected chi connectivity index (χ0v) is 15.0. The van der Waals surface area contributed by atoms with Gasteiger partial charge in [-0.05, 0) is 50.4 Å². The van der Waals surface area contributed by atoms with Crippen LogP contribution in [0.25, 0.3) is 0 Å².